The van der Waals surface area contributed by atoms with Gasteiger partial charge in [0, 0.05) is 19.6 Å². The van der Waals surface area contributed by atoms with E-state index in [-0.39, 0.29) is 5.82 Å². The van der Waals surface area contributed by atoms with Gasteiger partial charge in [-0.15, -0.1) is 0 Å². The highest BCUT2D eigenvalue weighted by Gasteiger charge is 2.39. The maximum absolute atomic E-state index is 13.5. The highest BCUT2D eigenvalue weighted by Crippen LogP contribution is 2.36. The highest BCUT2D eigenvalue weighted by molar-refractivity contribution is 5.23. The van der Waals surface area contributed by atoms with Gasteiger partial charge in [-0.2, -0.15) is 0 Å². The lowest BCUT2D eigenvalue weighted by Gasteiger charge is -2.22. The van der Waals surface area contributed by atoms with Crippen molar-refractivity contribution >= 4 is 0 Å². The summed E-state index contributed by atoms with van der Waals surface area (Å²) in [5.41, 5.74) is 2.33. The van der Waals surface area contributed by atoms with Crippen molar-refractivity contribution in [1.82, 2.24) is 10.2 Å². The summed E-state index contributed by atoms with van der Waals surface area (Å²) in [6.45, 7) is 7.33. The van der Waals surface area contributed by atoms with Gasteiger partial charge in [-0.1, -0.05) is 12.1 Å². The van der Waals surface area contributed by atoms with Gasteiger partial charge in [0.25, 0.3) is 0 Å². The Hall–Kier alpha value is -0.930. The van der Waals surface area contributed by atoms with Crippen molar-refractivity contribution in [2.24, 2.45) is 5.41 Å². The maximum Gasteiger partial charge on any atom is 0.126 e. The summed E-state index contributed by atoms with van der Waals surface area (Å²) >= 11 is 0. The molecule has 0 aromatic heterocycles. The van der Waals surface area contributed by atoms with Crippen LogP contribution in [0.4, 0.5) is 4.39 Å². The minimum Gasteiger partial charge on any atom is -0.316 e. The van der Waals surface area contributed by atoms with Crippen LogP contribution in [0.2, 0.25) is 0 Å². The average Bonchev–Trinajstić information content (AvgIpc) is 2.96. The highest BCUT2D eigenvalue weighted by atomic mass is 19.1. The normalized spacial score (nSPS) is 28.3. The summed E-state index contributed by atoms with van der Waals surface area (Å²) in [6, 6.07) is 5.62. The van der Waals surface area contributed by atoms with Crippen molar-refractivity contribution in [3.05, 3.63) is 35.1 Å². The second kappa shape index (κ2) is 4.63. The van der Waals surface area contributed by atoms with E-state index in [0.717, 1.165) is 43.9 Å². The molecule has 2 saturated heterocycles. The molecule has 18 heavy (non-hydrogen) atoms. The monoisotopic (exact) mass is 248 g/mol. The second-order valence-electron chi connectivity index (χ2n) is 5.97. The molecule has 3 heteroatoms. The Morgan fingerprint density at radius 2 is 2.28 bits per heavy atom. The molecule has 0 bridgehead atoms. The molecule has 2 aliphatic rings. The van der Waals surface area contributed by atoms with Crippen LogP contribution in [0.1, 0.15) is 24.0 Å². The zero-order chi connectivity index (χ0) is 12.6. The molecule has 1 atom stereocenters. The summed E-state index contributed by atoms with van der Waals surface area (Å²) in [6.07, 6.45) is 2.58. The molecule has 0 amide bonds. The maximum atomic E-state index is 13.5. The Morgan fingerprint density at radius 3 is 3.00 bits per heavy atom. The molecule has 1 spiro atoms. The van der Waals surface area contributed by atoms with Crippen LogP contribution in [0.5, 0.6) is 0 Å². The summed E-state index contributed by atoms with van der Waals surface area (Å²) in [7, 11) is 0. The van der Waals surface area contributed by atoms with Crippen LogP contribution in [0.15, 0.2) is 18.2 Å². The minimum atomic E-state index is -0.0797. The summed E-state index contributed by atoms with van der Waals surface area (Å²) in [5, 5.41) is 3.47. The molecule has 2 nitrogen and oxygen atoms in total. The third kappa shape index (κ3) is 2.29. The molecule has 1 unspecified atom stereocenters. The lowest BCUT2D eigenvalue weighted by Crippen LogP contribution is -2.28. The number of benzene rings is 1. The quantitative estimate of drug-likeness (QED) is 0.864. The largest absolute Gasteiger partial charge is 0.316 e. The zero-order valence-electron chi connectivity index (χ0n) is 11.0. The summed E-state index contributed by atoms with van der Waals surface area (Å²) in [4.78, 5) is 2.47. The Labute approximate surface area is 108 Å². The predicted octanol–water partition coefficient (Wildman–Crippen LogP) is 2.32. The Balaban J connectivity index is 1.65. The molecule has 1 aromatic rings. The molecule has 2 fully saturated rings. The molecule has 0 saturated carbocycles. The number of aryl methyl sites for hydroxylation is 1. The fourth-order valence-electron chi connectivity index (χ4n) is 3.30. The average molecular weight is 248 g/mol. The van der Waals surface area contributed by atoms with Crippen molar-refractivity contribution in [2.45, 2.75) is 26.3 Å². The second-order valence-corrected chi connectivity index (χ2v) is 5.97. The first-order valence-corrected chi connectivity index (χ1v) is 6.85. The van der Waals surface area contributed by atoms with Gasteiger partial charge in [0.05, 0.1) is 0 Å². The van der Waals surface area contributed by atoms with Crippen LogP contribution < -0.4 is 5.32 Å². The first kappa shape index (κ1) is 12.1. The van der Waals surface area contributed by atoms with E-state index in [4.69, 9.17) is 0 Å². The third-order valence-corrected chi connectivity index (χ3v) is 4.49. The number of nitrogens with zero attached hydrogens (tertiary/aromatic N) is 1. The molecule has 0 aliphatic carbocycles. The van der Waals surface area contributed by atoms with E-state index < -0.39 is 0 Å². The Morgan fingerprint density at radius 1 is 1.39 bits per heavy atom. The van der Waals surface area contributed by atoms with Gasteiger partial charge >= 0.3 is 0 Å². The van der Waals surface area contributed by atoms with E-state index in [1.54, 1.807) is 6.07 Å². The molecule has 2 heterocycles. The number of hydrogen-bond donors (Lipinski definition) is 1. The van der Waals surface area contributed by atoms with Crippen LogP contribution in [0.3, 0.4) is 0 Å². The van der Waals surface area contributed by atoms with Gasteiger partial charge in [0.1, 0.15) is 5.82 Å². The molecule has 98 valence electrons. The van der Waals surface area contributed by atoms with Crippen molar-refractivity contribution < 1.29 is 4.39 Å². The van der Waals surface area contributed by atoms with E-state index in [2.05, 4.69) is 16.3 Å². The van der Waals surface area contributed by atoms with Gasteiger partial charge in [-0.05, 0) is 55.5 Å². The molecule has 1 N–H and O–H groups in total. The lowest BCUT2D eigenvalue weighted by atomic mass is 9.86. The summed E-state index contributed by atoms with van der Waals surface area (Å²) < 4.78 is 13.5. The van der Waals surface area contributed by atoms with E-state index in [1.165, 1.54) is 12.8 Å². The first-order chi connectivity index (χ1) is 8.67. The van der Waals surface area contributed by atoms with Crippen LogP contribution in [0.25, 0.3) is 0 Å². The van der Waals surface area contributed by atoms with Gasteiger partial charge in [-0.3, -0.25) is 4.90 Å². The first-order valence-electron chi connectivity index (χ1n) is 6.85. The van der Waals surface area contributed by atoms with E-state index in [0.29, 0.717) is 5.41 Å². The van der Waals surface area contributed by atoms with Crippen LogP contribution in [-0.2, 0) is 6.54 Å². The van der Waals surface area contributed by atoms with Crippen LogP contribution >= 0.6 is 0 Å². The number of rotatable bonds is 2. The SMILES string of the molecule is Cc1ccc(CN2CCC3(CCNC3)C2)cc1F. The number of halogens is 1. The molecule has 3 rings (SSSR count). The smallest absolute Gasteiger partial charge is 0.126 e. The fraction of sp³-hybridized carbons (Fsp3) is 0.600. The van der Waals surface area contributed by atoms with Gasteiger partial charge in [-0.25, -0.2) is 4.39 Å². The molecule has 1 aromatic carbocycles. The van der Waals surface area contributed by atoms with Gasteiger partial charge in [0.2, 0.25) is 0 Å². The van der Waals surface area contributed by atoms with Crippen LogP contribution in [0, 0.1) is 18.2 Å². The zero-order valence-corrected chi connectivity index (χ0v) is 11.0. The predicted molar refractivity (Wildman–Crippen MR) is 71.0 cm³/mol. The topological polar surface area (TPSA) is 15.3 Å². The molecule has 0 radical (unpaired) electrons. The minimum absolute atomic E-state index is 0.0797. The van der Waals surface area contributed by atoms with Crippen molar-refractivity contribution in [3.8, 4) is 0 Å². The van der Waals surface area contributed by atoms with Crippen molar-refractivity contribution in [2.75, 3.05) is 26.2 Å². The third-order valence-electron chi connectivity index (χ3n) is 4.49. The van der Waals surface area contributed by atoms with Crippen LogP contribution in [-0.4, -0.2) is 31.1 Å². The number of hydrogen-bond acceptors (Lipinski definition) is 2. The molecule has 2 aliphatic heterocycles. The van der Waals surface area contributed by atoms with Gasteiger partial charge in [0.15, 0.2) is 0 Å². The van der Waals surface area contributed by atoms with Crippen molar-refractivity contribution in [1.29, 1.82) is 0 Å². The van der Waals surface area contributed by atoms with E-state index in [1.807, 2.05) is 13.0 Å². The number of nitrogens with one attached hydrogen (secondary N) is 1. The lowest BCUT2D eigenvalue weighted by molar-refractivity contribution is 0.268. The van der Waals surface area contributed by atoms with E-state index in [9.17, 15) is 4.39 Å². The van der Waals surface area contributed by atoms with Crippen molar-refractivity contribution in [3.63, 3.8) is 0 Å². The molecular formula is C15H21FN2. The standard InChI is InChI=1S/C15H21FN2/c1-12-2-3-13(8-14(12)16)9-18-7-5-15(11-18)4-6-17-10-15/h2-3,8,17H,4-7,9-11H2,1H3. The van der Waals surface area contributed by atoms with E-state index >= 15 is 0 Å². The van der Waals surface area contributed by atoms with Gasteiger partial charge < -0.3 is 5.32 Å². The Bertz CT molecular complexity index is 438. The molecular weight excluding hydrogens is 227 g/mol. The number of likely N-dealkylation sites (tertiary alicyclic amines) is 1. The fourth-order valence-corrected chi connectivity index (χ4v) is 3.30. The Kier molecular flexibility index (Phi) is 3.12. The summed E-state index contributed by atoms with van der Waals surface area (Å²) in [5.74, 6) is -0.0797.